The van der Waals surface area contributed by atoms with Crippen molar-refractivity contribution in [3.8, 4) is 5.75 Å². The van der Waals surface area contributed by atoms with E-state index in [9.17, 15) is 4.79 Å². The van der Waals surface area contributed by atoms with Crippen molar-refractivity contribution in [1.29, 1.82) is 0 Å². The molecule has 1 aliphatic heterocycles. The Balaban J connectivity index is 2.05. The van der Waals surface area contributed by atoms with Gasteiger partial charge in [0.05, 0.1) is 12.8 Å². The van der Waals surface area contributed by atoms with Crippen LogP contribution in [0.2, 0.25) is 0 Å². The molecule has 21 heavy (non-hydrogen) atoms. The fraction of sp³-hybridized carbons (Fsp3) is 0.214. The Bertz CT molecular complexity index is 634. The van der Waals surface area contributed by atoms with Gasteiger partial charge in [0.25, 0.3) is 0 Å². The van der Waals surface area contributed by atoms with Crippen LogP contribution in [-0.4, -0.2) is 24.7 Å². The van der Waals surface area contributed by atoms with Crippen LogP contribution in [0.15, 0.2) is 57.0 Å². The summed E-state index contributed by atoms with van der Waals surface area (Å²) in [5, 5.41) is 17.0. The molecule has 0 bridgehead atoms. The summed E-state index contributed by atoms with van der Waals surface area (Å²) in [5.41, 5.74) is 1.09. The molecular formula is C14H15N5O2. The Morgan fingerprint density at radius 2 is 2.29 bits per heavy atom. The van der Waals surface area contributed by atoms with Crippen LogP contribution < -0.4 is 10.1 Å². The van der Waals surface area contributed by atoms with Crippen molar-refractivity contribution in [1.82, 2.24) is 5.32 Å². The number of nitrogens with zero attached hydrogens (tertiary/aromatic N) is 4. The van der Waals surface area contributed by atoms with Gasteiger partial charge < -0.3 is 4.74 Å². The summed E-state index contributed by atoms with van der Waals surface area (Å²) in [6, 6.07) is 6.88. The Morgan fingerprint density at radius 3 is 3.10 bits per heavy atom. The molecule has 2 amide bonds. The van der Waals surface area contributed by atoms with E-state index in [0.29, 0.717) is 6.61 Å². The normalized spacial score (nSPS) is 16.5. The van der Waals surface area contributed by atoms with Crippen molar-refractivity contribution < 1.29 is 9.53 Å². The Morgan fingerprint density at radius 1 is 1.43 bits per heavy atom. The maximum absolute atomic E-state index is 11.0. The summed E-state index contributed by atoms with van der Waals surface area (Å²) in [6.07, 6.45) is 2.50. The van der Waals surface area contributed by atoms with Crippen LogP contribution in [0.3, 0.4) is 0 Å². The van der Waals surface area contributed by atoms with Gasteiger partial charge in [0, 0.05) is 0 Å². The smallest absolute Gasteiger partial charge is 0.365 e. The Hall–Kier alpha value is -2.83. The lowest BCUT2D eigenvalue weighted by Gasteiger charge is -2.06. The second-order valence-electron chi connectivity index (χ2n) is 4.19. The molecule has 0 aliphatic carbocycles. The number of ether oxygens (including phenoxy) is 1. The first kappa shape index (κ1) is 14.6. The van der Waals surface area contributed by atoms with Crippen molar-refractivity contribution in [3.63, 3.8) is 0 Å². The van der Waals surface area contributed by atoms with E-state index in [1.165, 1.54) is 0 Å². The summed E-state index contributed by atoms with van der Waals surface area (Å²) >= 11 is 0. The molecule has 0 atom stereocenters. The molecule has 0 saturated carbocycles. The molecule has 0 spiro atoms. The van der Waals surface area contributed by atoms with Crippen molar-refractivity contribution in [2.75, 3.05) is 6.61 Å². The quantitative estimate of drug-likeness (QED) is 0.666. The van der Waals surface area contributed by atoms with E-state index in [1.807, 2.05) is 31.2 Å². The van der Waals surface area contributed by atoms with Crippen molar-refractivity contribution >= 4 is 18.1 Å². The van der Waals surface area contributed by atoms with Gasteiger partial charge in [-0.15, -0.1) is 10.2 Å². The zero-order valence-corrected chi connectivity index (χ0v) is 11.6. The van der Waals surface area contributed by atoms with E-state index >= 15 is 0 Å². The number of amidine groups is 1. The molecule has 0 fully saturated rings. The molecular weight excluding hydrogens is 270 g/mol. The molecule has 108 valence electrons. The highest BCUT2D eigenvalue weighted by Crippen LogP contribution is 2.12. The second kappa shape index (κ2) is 7.09. The number of carbonyl (C=O) groups is 1. The van der Waals surface area contributed by atoms with Crippen LogP contribution in [0.25, 0.3) is 0 Å². The van der Waals surface area contributed by atoms with E-state index in [1.54, 1.807) is 6.21 Å². The predicted octanol–water partition coefficient (Wildman–Crippen LogP) is 2.90. The zero-order chi connectivity index (χ0) is 15.1. The largest absolute Gasteiger partial charge is 0.494 e. The van der Waals surface area contributed by atoms with Crippen molar-refractivity contribution in [3.05, 3.63) is 42.1 Å². The van der Waals surface area contributed by atoms with Gasteiger partial charge in [-0.3, -0.25) is 5.32 Å². The van der Waals surface area contributed by atoms with Gasteiger partial charge in [-0.1, -0.05) is 30.7 Å². The number of amides is 2. The van der Waals surface area contributed by atoms with E-state index < -0.39 is 6.03 Å². The SMILES string of the molecule is C=C1N=NC(=O)N/C1=N/N=C/c1cccc(OCCC)c1. The predicted molar refractivity (Wildman–Crippen MR) is 79.8 cm³/mol. The van der Waals surface area contributed by atoms with Crippen molar-refractivity contribution in [2.45, 2.75) is 13.3 Å². The molecule has 1 aliphatic rings. The average Bonchev–Trinajstić information content (AvgIpc) is 2.49. The average molecular weight is 285 g/mol. The van der Waals surface area contributed by atoms with Gasteiger partial charge >= 0.3 is 6.03 Å². The van der Waals surface area contributed by atoms with Crippen LogP contribution >= 0.6 is 0 Å². The van der Waals surface area contributed by atoms with Gasteiger partial charge in [0.15, 0.2) is 5.84 Å². The fourth-order valence-corrected chi connectivity index (χ4v) is 1.49. The Labute approximate surface area is 122 Å². The Kier molecular flexibility index (Phi) is 4.92. The minimum atomic E-state index is -0.591. The van der Waals surface area contributed by atoms with Crippen LogP contribution in [0.5, 0.6) is 5.75 Å². The number of urea groups is 1. The summed E-state index contributed by atoms with van der Waals surface area (Å²) in [4.78, 5) is 11.0. The third-order valence-corrected chi connectivity index (χ3v) is 2.46. The van der Waals surface area contributed by atoms with Crippen LogP contribution in [-0.2, 0) is 0 Å². The fourth-order valence-electron chi connectivity index (χ4n) is 1.49. The lowest BCUT2D eigenvalue weighted by molar-refractivity contribution is 0.251. The third-order valence-electron chi connectivity index (χ3n) is 2.46. The number of rotatable bonds is 5. The standard InChI is InChI=1S/C14H15N5O2/c1-3-7-21-12-6-4-5-11(8-12)9-15-18-13-10(2)17-19-14(20)16-13/h4-6,8-9H,2-3,7H2,1H3,(H,16,18,20)/b15-9+. The first-order valence-corrected chi connectivity index (χ1v) is 6.45. The number of hydrogen-bond donors (Lipinski definition) is 1. The summed E-state index contributed by atoms with van der Waals surface area (Å²) in [5.74, 6) is 0.960. The molecule has 0 saturated heterocycles. The highest BCUT2D eigenvalue weighted by molar-refractivity contribution is 6.08. The molecule has 7 heteroatoms. The summed E-state index contributed by atoms with van der Waals surface area (Å²) < 4.78 is 5.53. The second-order valence-corrected chi connectivity index (χ2v) is 4.19. The van der Waals surface area contributed by atoms with Crippen LogP contribution in [0, 0.1) is 0 Å². The number of nitrogens with one attached hydrogen (secondary N) is 1. The maximum Gasteiger partial charge on any atom is 0.365 e. The minimum absolute atomic E-state index is 0.185. The third kappa shape index (κ3) is 4.34. The van der Waals surface area contributed by atoms with E-state index in [0.717, 1.165) is 17.7 Å². The van der Waals surface area contributed by atoms with E-state index in [2.05, 4.69) is 32.3 Å². The number of carbonyl (C=O) groups excluding carboxylic acids is 1. The molecule has 2 rings (SSSR count). The molecule has 0 radical (unpaired) electrons. The topological polar surface area (TPSA) is 87.8 Å². The van der Waals surface area contributed by atoms with Gasteiger partial charge in [0.1, 0.15) is 11.4 Å². The first-order chi connectivity index (χ1) is 10.2. The first-order valence-electron chi connectivity index (χ1n) is 6.45. The van der Waals surface area contributed by atoms with E-state index in [-0.39, 0.29) is 11.5 Å². The highest BCUT2D eigenvalue weighted by Gasteiger charge is 2.13. The minimum Gasteiger partial charge on any atom is -0.494 e. The van der Waals surface area contributed by atoms with Crippen LogP contribution in [0.1, 0.15) is 18.9 Å². The van der Waals surface area contributed by atoms with Gasteiger partial charge in [-0.05, 0) is 24.1 Å². The van der Waals surface area contributed by atoms with Crippen LogP contribution in [0.4, 0.5) is 4.79 Å². The lowest BCUT2D eigenvalue weighted by atomic mass is 10.2. The van der Waals surface area contributed by atoms with Gasteiger partial charge in [-0.25, -0.2) is 4.79 Å². The van der Waals surface area contributed by atoms with E-state index in [4.69, 9.17) is 4.74 Å². The molecule has 0 unspecified atom stereocenters. The maximum atomic E-state index is 11.0. The summed E-state index contributed by atoms with van der Waals surface area (Å²) in [7, 11) is 0. The number of azo groups is 1. The van der Waals surface area contributed by atoms with Gasteiger partial charge in [0.2, 0.25) is 0 Å². The molecule has 1 aromatic carbocycles. The number of benzene rings is 1. The molecule has 1 N–H and O–H groups in total. The molecule has 7 nitrogen and oxygen atoms in total. The summed E-state index contributed by atoms with van der Waals surface area (Å²) in [6.45, 7) is 6.32. The lowest BCUT2D eigenvalue weighted by Crippen LogP contribution is -2.31. The monoisotopic (exact) mass is 285 g/mol. The molecule has 1 heterocycles. The molecule has 0 aromatic heterocycles. The number of hydrogen-bond acceptors (Lipinski definition) is 5. The van der Waals surface area contributed by atoms with Crippen molar-refractivity contribution in [2.24, 2.45) is 20.4 Å². The molecule has 1 aromatic rings. The van der Waals surface area contributed by atoms with Gasteiger partial charge in [-0.2, -0.15) is 5.10 Å². The highest BCUT2D eigenvalue weighted by atomic mass is 16.5. The zero-order valence-electron chi connectivity index (χ0n) is 11.6.